The van der Waals surface area contributed by atoms with Crippen LogP contribution in [-0.4, -0.2) is 24.8 Å². The molecule has 2 N–H and O–H groups in total. The monoisotopic (exact) mass is 322 g/mol. The van der Waals surface area contributed by atoms with Gasteiger partial charge >= 0.3 is 0 Å². The van der Waals surface area contributed by atoms with Crippen LogP contribution in [0, 0.1) is 5.92 Å². The van der Waals surface area contributed by atoms with Crippen LogP contribution in [0.3, 0.4) is 0 Å². The van der Waals surface area contributed by atoms with Crippen molar-refractivity contribution in [2.24, 2.45) is 5.92 Å². The average molecular weight is 323 g/mol. The number of benzene rings is 1. The molecule has 1 saturated heterocycles. The summed E-state index contributed by atoms with van der Waals surface area (Å²) >= 11 is 0.481. The van der Waals surface area contributed by atoms with E-state index in [1.54, 1.807) is 24.3 Å². The largest absolute Gasteiger partial charge is 0.326 e. The fraction of sp³-hybridized carbons (Fsp3) is 0.462. The molecule has 0 aliphatic carbocycles. The summed E-state index contributed by atoms with van der Waals surface area (Å²) in [5.41, 5.74) is 0.578. The normalized spacial score (nSPS) is 15.8. The third-order valence-corrected chi connectivity index (χ3v) is 3.74. The molecule has 0 atom stereocenters. The zero-order valence-corrected chi connectivity index (χ0v) is 12.4. The molecule has 1 aliphatic rings. The highest BCUT2D eigenvalue weighted by atomic mass is 35.5. The zero-order valence-electron chi connectivity index (χ0n) is 10.8. The van der Waals surface area contributed by atoms with Gasteiger partial charge in [0.25, 0.3) is 5.76 Å². The molecule has 0 spiro atoms. The standard InChI is InChI=1S/C13H16F2N2OS.ClH/c14-13(15)19-11-3-1-2-10(8-11)17-12(18)9-4-6-16-7-5-9;/h1-3,8-9,13,16H,4-7H2,(H,17,18);1H. The van der Waals surface area contributed by atoms with Crippen molar-refractivity contribution in [1.29, 1.82) is 0 Å². The molecule has 0 aromatic heterocycles. The van der Waals surface area contributed by atoms with Gasteiger partial charge in [-0.1, -0.05) is 17.8 Å². The van der Waals surface area contributed by atoms with Crippen molar-refractivity contribution in [1.82, 2.24) is 5.32 Å². The lowest BCUT2D eigenvalue weighted by atomic mass is 9.97. The molecule has 1 aromatic carbocycles. The second-order valence-corrected chi connectivity index (χ2v) is 5.48. The Balaban J connectivity index is 0.00000200. The van der Waals surface area contributed by atoms with Crippen molar-refractivity contribution in [3.05, 3.63) is 24.3 Å². The summed E-state index contributed by atoms with van der Waals surface area (Å²) < 4.78 is 24.5. The number of amides is 1. The molecular formula is C13H17ClF2N2OS. The Bertz CT molecular complexity index is 442. The van der Waals surface area contributed by atoms with Gasteiger partial charge in [0, 0.05) is 16.5 Å². The first kappa shape index (κ1) is 17.2. The molecule has 0 unspecified atom stereocenters. The molecule has 1 fully saturated rings. The predicted octanol–water partition coefficient (Wildman–Crippen LogP) is 3.36. The third-order valence-electron chi connectivity index (χ3n) is 3.04. The van der Waals surface area contributed by atoms with Crippen molar-refractivity contribution in [2.45, 2.75) is 23.5 Å². The molecule has 1 amide bonds. The minimum Gasteiger partial charge on any atom is -0.326 e. The Morgan fingerprint density at radius 2 is 2.05 bits per heavy atom. The van der Waals surface area contributed by atoms with E-state index in [0.717, 1.165) is 25.9 Å². The van der Waals surface area contributed by atoms with E-state index in [4.69, 9.17) is 0 Å². The number of rotatable bonds is 4. The van der Waals surface area contributed by atoms with Crippen molar-refractivity contribution in [3.8, 4) is 0 Å². The summed E-state index contributed by atoms with van der Waals surface area (Å²) in [7, 11) is 0. The highest BCUT2D eigenvalue weighted by Gasteiger charge is 2.20. The summed E-state index contributed by atoms with van der Waals surface area (Å²) in [4.78, 5) is 12.5. The van der Waals surface area contributed by atoms with Gasteiger partial charge in [0.05, 0.1) is 0 Å². The number of halogens is 3. The minimum atomic E-state index is -2.45. The van der Waals surface area contributed by atoms with Gasteiger partial charge in [-0.3, -0.25) is 4.79 Å². The van der Waals surface area contributed by atoms with Gasteiger partial charge < -0.3 is 10.6 Å². The fourth-order valence-corrected chi connectivity index (χ4v) is 2.64. The molecule has 2 rings (SSSR count). The van der Waals surface area contributed by atoms with E-state index < -0.39 is 5.76 Å². The van der Waals surface area contributed by atoms with Crippen LogP contribution in [0.15, 0.2) is 29.2 Å². The lowest BCUT2D eigenvalue weighted by Crippen LogP contribution is -2.34. The number of nitrogens with one attached hydrogen (secondary N) is 2. The quantitative estimate of drug-likeness (QED) is 0.835. The Kier molecular flexibility index (Phi) is 7.26. The van der Waals surface area contributed by atoms with Crippen LogP contribution < -0.4 is 10.6 Å². The van der Waals surface area contributed by atoms with Crippen molar-refractivity contribution < 1.29 is 13.6 Å². The highest BCUT2D eigenvalue weighted by Crippen LogP contribution is 2.27. The number of piperidine rings is 1. The first-order valence-corrected chi connectivity index (χ1v) is 7.09. The van der Waals surface area contributed by atoms with Crippen LogP contribution in [0.1, 0.15) is 12.8 Å². The van der Waals surface area contributed by atoms with Crippen LogP contribution in [-0.2, 0) is 4.79 Å². The second kappa shape index (κ2) is 8.44. The van der Waals surface area contributed by atoms with Crippen LogP contribution in [0.2, 0.25) is 0 Å². The van der Waals surface area contributed by atoms with Crippen molar-refractivity contribution in [2.75, 3.05) is 18.4 Å². The number of hydrogen-bond acceptors (Lipinski definition) is 3. The van der Waals surface area contributed by atoms with E-state index in [1.165, 1.54) is 0 Å². The molecule has 3 nitrogen and oxygen atoms in total. The van der Waals surface area contributed by atoms with E-state index in [2.05, 4.69) is 10.6 Å². The molecule has 1 aromatic rings. The maximum absolute atomic E-state index is 12.3. The van der Waals surface area contributed by atoms with Crippen molar-refractivity contribution in [3.63, 3.8) is 0 Å². The Labute approximate surface area is 127 Å². The Morgan fingerprint density at radius 1 is 1.35 bits per heavy atom. The van der Waals surface area contributed by atoms with E-state index in [1.807, 2.05) is 0 Å². The van der Waals surface area contributed by atoms with Gasteiger partial charge in [0.15, 0.2) is 0 Å². The zero-order chi connectivity index (χ0) is 13.7. The summed E-state index contributed by atoms with van der Waals surface area (Å²) in [6.45, 7) is 1.69. The Hall–Kier alpha value is -0.850. The summed E-state index contributed by atoms with van der Waals surface area (Å²) in [5.74, 6) is -2.47. The molecular weight excluding hydrogens is 306 g/mol. The van der Waals surface area contributed by atoms with Crippen LogP contribution in [0.25, 0.3) is 0 Å². The molecule has 112 valence electrons. The molecule has 1 heterocycles. The maximum Gasteiger partial charge on any atom is 0.288 e. The van der Waals surface area contributed by atoms with Gasteiger partial charge in [-0.15, -0.1) is 12.4 Å². The molecule has 0 saturated carbocycles. The maximum atomic E-state index is 12.3. The number of anilines is 1. The van der Waals surface area contributed by atoms with Gasteiger partial charge in [-0.2, -0.15) is 8.78 Å². The molecule has 7 heteroatoms. The highest BCUT2D eigenvalue weighted by molar-refractivity contribution is 7.99. The smallest absolute Gasteiger partial charge is 0.288 e. The lowest BCUT2D eigenvalue weighted by molar-refractivity contribution is -0.120. The first-order valence-electron chi connectivity index (χ1n) is 6.21. The van der Waals surface area contributed by atoms with Gasteiger partial charge in [-0.05, 0) is 44.1 Å². The third kappa shape index (κ3) is 5.26. The number of alkyl halides is 2. The van der Waals surface area contributed by atoms with Gasteiger partial charge in [0.2, 0.25) is 5.91 Å². The van der Waals surface area contributed by atoms with E-state index >= 15 is 0 Å². The Morgan fingerprint density at radius 3 is 2.70 bits per heavy atom. The topological polar surface area (TPSA) is 41.1 Å². The number of carbonyl (C=O) groups is 1. The van der Waals surface area contributed by atoms with E-state index in [9.17, 15) is 13.6 Å². The number of hydrogen-bond donors (Lipinski definition) is 2. The minimum absolute atomic E-state index is 0. The molecule has 0 bridgehead atoms. The molecule has 20 heavy (non-hydrogen) atoms. The number of thioether (sulfide) groups is 1. The second-order valence-electron chi connectivity index (χ2n) is 4.42. The first-order chi connectivity index (χ1) is 9.15. The van der Waals surface area contributed by atoms with Crippen LogP contribution in [0.5, 0.6) is 0 Å². The fourth-order valence-electron chi connectivity index (χ4n) is 2.08. The van der Waals surface area contributed by atoms with E-state index in [0.29, 0.717) is 22.3 Å². The van der Waals surface area contributed by atoms with E-state index in [-0.39, 0.29) is 24.2 Å². The predicted molar refractivity (Wildman–Crippen MR) is 79.8 cm³/mol. The SMILES string of the molecule is Cl.O=C(Nc1cccc(SC(F)F)c1)C1CCNCC1. The van der Waals surface area contributed by atoms with Crippen LogP contribution >= 0.6 is 24.2 Å². The molecule has 0 radical (unpaired) electrons. The van der Waals surface area contributed by atoms with Gasteiger partial charge in [-0.25, -0.2) is 0 Å². The summed E-state index contributed by atoms with van der Waals surface area (Å²) in [5, 5.41) is 6.00. The average Bonchev–Trinajstić information content (AvgIpc) is 2.39. The number of carbonyl (C=O) groups excluding carboxylic acids is 1. The summed E-state index contributed by atoms with van der Waals surface area (Å²) in [6, 6.07) is 6.57. The van der Waals surface area contributed by atoms with Crippen molar-refractivity contribution >= 4 is 35.8 Å². The molecule has 1 aliphatic heterocycles. The lowest BCUT2D eigenvalue weighted by Gasteiger charge is -2.21. The van der Waals surface area contributed by atoms with Gasteiger partial charge in [0.1, 0.15) is 0 Å². The summed E-state index contributed by atoms with van der Waals surface area (Å²) in [6.07, 6.45) is 1.63. The van der Waals surface area contributed by atoms with Crippen LogP contribution in [0.4, 0.5) is 14.5 Å².